The van der Waals surface area contributed by atoms with Crippen LogP contribution in [0.2, 0.25) is 0 Å². The molecular weight excluding hydrogens is 228 g/mol. The largest absolute Gasteiger partial charge is 0.380 e. The van der Waals surface area contributed by atoms with Crippen molar-refractivity contribution in [2.45, 2.75) is 32.3 Å². The molecule has 1 aromatic carbocycles. The van der Waals surface area contributed by atoms with E-state index >= 15 is 0 Å². The maximum atomic E-state index is 10.6. The van der Waals surface area contributed by atoms with E-state index < -0.39 is 5.60 Å². The van der Waals surface area contributed by atoms with Gasteiger partial charge in [0, 0.05) is 4.88 Å². The molecule has 0 saturated heterocycles. The van der Waals surface area contributed by atoms with Gasteiger partial charge >= 0.3 is 0 Å². The zero-order valence-electron chi connectivity index (χ0n) is 10.5. The Bertz CT molecular complexity index is 466. The molecule has 2 rings (SSSR count). The fourth-order valence-electron chi connectivity index (χ4n) is 1.89. The minimum atomic E-state index is -0.885. The Balaban J connectivity index is 2.34. The van der Waals surface area contributed by atoms with E-state index in [4.69, 9.17) is 0 Å². The molecule has 0 aliphatic rings. The van der Waals surface area contributed by atoms with Crippen LogP contribution in [0.4, 0.5) is 0 Å². The van der Waals surface area contributed by atoms with Crippen LogP contribution in [0.1, 0.15) is 42.7 Å². The molecule has 17 heavy (non-hydrogen) atoms. The molecule has 0 aliphatic heterocycles. The van der Waals surface area contributed by atoms with Gasteiger partial charge in [-0.05, 0) is 35.4 Å². The number of thiophene rings is 1. The van der Waals surface area contributed by atoms with Crippen molar-refractivity contribution in [3.05, 3.63) is 57.8 Å². The Morgan fingerprint density at radius 2 is 1.76 bits per heavy atom. The first-order valence-electron chi connectivity index (χ1n) is 5.88. The zero-order chi connectivity index (χ0) is 12.5. The second kappa shape index (κ2) is 4.63. The Morgan fingerprint density at radius 1 is 1.12 bits per heavy atom. The van der Waals surface area contributed by atoms with E-state index in [0.29, 0.717) is 5.92 Å². The van der Waals surface area contributed by atoms with Crippen LogP contribution in [0, 0.1) is 0 Å². The summed E-state index contributed by atoms with van der Waals surface area (Å²) in [4.78, 5) is 0.981. The van der Waals surface area contributed by atoms with E-state index in [-0.39, 0.29) is 0 Å². The van der Waals surface area contributed by atoms with Gasteiger partial charge in [-0.15, -0.1) is 11.3 Å². The van der Waals surface area contributed by atoms with Crippen molar-refractivity contribution in [1.82, 2.24) is 0 Å². The third kappa shape index (κ3) is 2.43. The SMILES string of the molecule is CC(C)c1ccc(C(C)(O)c2cccs2)cc1. The summed E-state index contributed by atoms with van der Waals surface area (Å²) >= 11 is 1.59. The molecule has 1 unspecified atom stereocenters. The first kappa shape index (κ1) is 12.3. The molecule has 0 amide bonds. The van der Waals surface area contributed by atoms with Crippen molar-refractivity contribution in [3.63, 3.8) is 0 Å². The predicted octanol–water partition coefficient (Wildman–Crippen LogP) is 4.13. The topological polar surface area (TPSA) is 20.2 Å². The number of hydrogen-bond acceptors (Lipinski definition) is 2. The maximum Gasteiger partial charge on any atom is 0.121 e. The lowest BCUT2D eigenvalue weighted by Crippen LogP contribution is -2.21. The fraction of sp³-hybridized carbons (Fsp3) is 0.333. The van der Waals surface area contributed by atoms with Gasteiger partial charge in [0.15, 0.2) is 0 Å². The highest BCUT2D eigenvalue weighted by Crippen LogP contribution is 2.32. The molecule has 1 aromatic heterocycles. The fourth-order valence-corrected chi connectivity index (χ4v) is 2.70. The standard InChI is InChI=1S/C15H18OS/c1-11(2)12-6-8-13(9-7-12)15(3,16)14-5-4-10-17-14/h4-11,16H,1-3H3. The van der Waals surface area contributed by atoms with Gasteiger partial charge in [-0.2, -0.15) is 0 Å². The van der Waals surface area contributed by atoms with Crippen molar-refractivity contribution in [3.8, 4) is 0 Å². The van der Waals surface area contributed by atoms with Gasteiger partial charge < -0.3 is 5.11 Å². The number of benzene rings is 1. The molecule has 1 atom stereocenters. The molecule has 0 radical (unpaired) electrons. The van der Waals surface area contributed by atoms with E-state index in [1.165, 1.54) is 5.56 Å². The van der Waals surface area contributed by atoms with E-state index in [2.05, 4.69) is 26.0 Å². The van der Waals surface area contributed by atoms with Crippen LogP contribution in [0.25, 0.3) is 0 Å². The third-order valence-corrected chi connectivity index (χ3v) is 4.22. The molecule has 0 spiro atoms. The molecule has 1 nitrogen and oxygen atoms in total. The number of rotatable bonds is 3. The van der Waals surface area contributed by atoms with E-state index in [1.807, 2.05) is 36.6 Å². The summed E-state index contributed by atoms with van der Waals surface area (Å²) in [5, 5.41) is 12.6. The molecule has 0 saturated carbocycles. The van der Waals surface area contributed by atoms with Crippen LogP contribution in [0.15, 0.2) is 41.8 Å². The van der Waals surface area contributed by atoms with Crippen molar-refractivity contribution in [2.75, 3.05) is 0 Å². The first-order valence-corrected chi connectivity index (χ1v) is 6.76. The van der Waals surface area contributed by atoms with Crippen LogP contribution >= 0.6 is 11.3 Å². The van der Waals surface area contributed by atoms with Gasteiger partial charge in [0.1, 0.15) is 5.60 Å². The van der Waals surface area contributed by atoms with E-state index in [9.17, 15) is 5.11 Å². The summed E-state index contributed by atoms with van der Waals surface area (Å²) in [5.74, 6) is 0.524. The van der Waals surface area contributed by atoms with Crippen LogP contribution in [-0.4, -0.2) is 5.11 Å². The third-order valence-electron chi connectivity index (χ3n) is 3.14. The van der Waals surface area contributed by atoms with Crippen LogP contribution in [-0.2, 0) is 5.60 Å². The summed E-state index contributed by atoms with van der Waals surface area (Å²) < 4.78 is 0. The van der Waals surface area contributed by atoms with Crippen molar-refractivity contribution in [2.24, 2.45) is 0 Å². The summed E-state index contributed by atoms with van der Waals surface area (Å²) in [5.41, 5.74) is 1.36. The Kier molecular flexibility index (Phi) is 3.36. The maximum absolute atomic E-state index is 10.6. The lowest BCUT2D eigenvalue weighted by Gasteiger charge is -2.23. The van der Waals surface area contributed by atoms with Crippen molar-refractivity contribution in [1.29, 1.82) is 0 Å². The first-order chi connectivity index (χ1) is 8.01. The Morgan fingerprint density at radius 3 is 2.24 bits per heavy atom. The summed E-state index contributed by atoms with van der Waals surface area (Å²) in [6.07, 6.45) is 0. The monoisotopic (exact) mass is 246 g/mol. The van der Waals surface area contributed by atoms with Gasteiger partial charge in [0.25, 0.3) is 0 Å². The van der Waals surface area contributed by atoms with Gasteiger partial charge in [-0.3, -0.25) is 0 Å². The highest BCUT2D eigenvalue weighted by atomic mass is 32.1. The molecule has 2 heteroatoms. The lowest BCUT2D eigenvalue weighted by atomic mass is 9.92. The normalized spacial score (nSPS) is 14.9. The lowest BCUT2D eigenvalue weighted by molar-refractivity contribution is 0.106. The summed E-state index contributed by atoms with van der Waals surface area (Å²) in [7, 11) is 0. The Labute approximate surface area is 107 Å². The molecular formula is C15H18OS. The molecule has 0 aliphatic carbocycles. The molecule has 2 aromatic rings. The minimum absolute atomic E-state index is 0.524. The minimum Gasteiger partial charge on any atom is -0.380 e. The highest BCUT2D eigenvalue weighted by Gasteiger charge is 2.26. The quantitative estimate of drug-likeness (QED) is 0.863. The molecule has 90 valence electrons. The van der Waals surface area contributed by atoms with E-state index in [1.54, 1.807) is 11.3 Å². The molecule has 1 N–H and O–H groups in total. The Hall–Kier alpha value is -1.12. The zero-order valence-corrected chi connectivity index (χ0v) is 11.3. The van der Waals surface area contributed by atoms with Crippen LogP contribution in [0.5, 0.6) is 0 Å². The van der Waals surface area contributed by atoms with Crippen molar-refractivity contribution < 1.29 is 5.11 Å². The van der Waals surface area contributed by atoms with Crippen LogP contribution < -0.4 is 0 Å². The molecule has 0 bridgehead atoms. The van der Waals surface area contributed by atoms with Gasteiger partial charge in [0.05, 0.1) is 0 Å². The van der Waals surface area contributed by atoms with Gasteiger partial charge in [-0.1, -0.05) is 44.2 Å². The molecule has 0 fully saturated rings. The predicted molar refractivity (Wildman–Crippen MR) is 73.5 cm³/mol. The van der Waals surface area contributed by atoms with Gasteiger partial charge in [0.2, 0.25) is 0 Å². The second-order valence-electron chi connectivity index (χ2n) is 4.83. The second-order valence-corrected chi connectivity index (χ2v) is 5.77. The smallest absolute Gasteiger partial charge is 0.121 e. The average molecular weight is 246 g/mol. The van der Waals surface area contributed by atoms with Crippen molar-refractivity contribution >= 4 is 11.3 Å². The van der Waals surface area contributed by atoms with E-state index in [0.717, 1.165) is 10.4 Å². The highest BCUT2D eigenvalue weighted by molar-refractivity contribution is 7.10. The number of aliphatic hydroxyl groups is 1. The van der Waals surface area contributed by atoms with Crippen LogP contribution in [0.3, 0.4) is 0 Å². The summed E-state index contributed by atoms with van der Waals surface area (Å²) in [6.45, 7) is 6.20. The average Bonchev–Trinajstić information content (AvgIpc) is 2.83. The molecule has 1 heterocycles. The summed E-state index contributed by atoms with van der Waals surface area (Å²) in [6, 6.07) is 12.2. The number of hydrogen-bond donors (Lipinski definition) is 1. The van der Waals surface area contributed by atoms with Gasteiger partial charge in [-0.25, -0.2) is 0 Å².